The third-order valence-electron chi connectivity index (χ3n) is 7.32. The SMILES string of the molecule is CNS(=O)(=O)c1cccc(OCC(O)CNC2COC3(CCN(S(=O)(=O)c4cnc5cc[nH]c5c4)CC3)C2)c1. The van der Waals surface area contributed by atoms with Crippen LogP contribution in [-0.2, 0) is 24.8 Å². The van der Waals surface area contributed by atoms with E-state index in [1.807, 2.05) is 0 Å². The first kappa shape index (κ1) is 28.0. The Balaban J connectivity index is 1.08. The number of aliphatic hydroxyl groups is 1. The molecular formula is C25H33N5O7S2. The number of nitrogens with one attached hydrogen (secondary N) is 3. The second-order valence-corrected chi connectivity index (χ2v) is 13.8. The number of aliphatic hydroxyl groups excluding tert-OH is 1. The van der Waals surface area contributed by atoms with Crippen molar-refractivity contribution in [1.29, 1.82) is 0 Å². The second-order valence-electron chi connectivity index (χ2n) is 9.94. The van der Waals surface area contributed by atoms with E-state index in [1.54, 1.807) is 30.5 Å². The molecule has 212 valence electrons. The summed E-state index contributed by atoms with van der Waals surface area (Å²) in [6, 6.07) is 9.51. The first-order valence-corrected chi connectivity index (χ1v) is 15.7. The maximum absolute atomic E-state index is 13.2. The number of nitrogens with zero attached hydrogens (tertiary/aromatic N) is 2. The van der Waals surface area contributed by atoms with Gasteiger partial charge >= 0.3 is 0 Å². The van der Waals surface area contributed by atoms with Crippen LogP contribution in [0.4, 0.5) is 0 Å². The number of ether oxygens (including phenoxy) is 2. The molecule has 12 nitrogen and oxygen atoms in total. The third-order valence-corrected chi connectivity index (χ3v) is 10.6. The number of rotatable bonds is 10. The minimum Gasteiger partial charge on any atom is -0.491 e. The van der Waals surface area contributed by atoms with E-state index in [9.17, 15) is 21.9 Å². The van der Waals surface area contributed by atoms with Gasteiger partial charge < -0.3 is 24.9 Å². The van der Waals surface area contributed by atoms with Gasteiger partial charge in [-0.2, -0.15) is 4.31 Å². The number of aromatic nitrogens is 2. The first-order chi connectivity index (χ1) is 18.6. The van der Waals surface area contributed by atoms with Gasteiger partial charge in [0.2, 0.25) is 20.0 Å². The van der Waals surface area contributed by atoms with Crippen molar-refractivity contribution in [3.63, 3.8) is 0 Å². The zero-order chi connectivity index (χ0) is 27.7. The molecule has 0 aliphatic carbocycles. The van der Waals surface area contributed by atoms with E-state index < -0.39 is 31.8 Å². The summed E-state index contributed by atoms with van der Waals surface area (Å²) in [5.74, 6) is 0.346. The quantitative estimate of drug-likeness (QED) is 0.272. The molecule has 0 radical (unpaired) electrons. The van der Waals surface area contributed by atoms with Gasteiger partial charge in [0.1, 0.15) is 23.4 Å². The predicted octanol–water partition coefficient (Wildman–Crippen LogP) is 0.813. The van der Waals surface area contributed by atoms with Crippen LogP contribution in [0.2, 0.25) is 0 Å². The number of aromatic amines is 1. The minimum atomic E-state index is -3.66. The molecule has 2 aromatic heterocycles. The fourth-order valence-corrected chi connectivity index (χ4v) is 7.24. The summed E-state index contributed by atoms with van der Waals surface area (Å²) in [6.45, 7) is 1.45. The second kappa shape index (κ2) is 11.1. The summed E-state index contributed by atoms with van der Waals surface area (Å²) in [4.78, 5) is 7.50. The van der Waals surface area contributed by atoms with Gasteiger partial charge in [-0.3, -0.25) is 4.98 Å². The number of hydrogen-bond donors (Lipinski definition) is 4. The molecule has 4 heterocycles. The molecule has 2 aliphatic heterocycles. The Morgan fingerprint density at radius 3 is 2.77 bits per heavy atom. The van der Waals surface area contributed by atoms with Crippen LogP contribution in [0.1, 0.15) is 19.3 Å². The van der Waals surface area contributed by atoms with Crippen LogP contribution in [0.5, 0.6) is 5.75 Å². The molecule has 14 heteroatoms. The van der Waals surface area contributed by atoms with E-state index in [4.69, 9.17) is 9.47 Å². The van der Waals surface area contributed by atoms with Crippen LogP contribution < -0.4 is 14.8 Å². The lowest BCUT2D eigenvalue weighted by Crippen LogP contribution is -2.47. The monoisotopic (exact) mass is 579 g/mol. The van der Waals surface area contributed by atoms with Gasteiger partial charge in [0.15, 0.2) is 0 Å². The Hall–Kier alpha value is -2.59. The van der Waals surface area contributed by atoms with Gasteiger partial charge in [-0.25, -0.2) is 21.6 Å². The molecule has 2 atom stereocenters. The molecule has 1 aromatic carbocycles. The van der Waals surface area contributed by atoms with Crippen LogP contribution in [0.15, 0.2) is 58.6 Å². The number of fused-ring (bicyclic) bond motifs is 1. The van der Waals surface area contributed by atoms with E-state index in [2.05, 4.69) is 20.0 Å². The smallest absolute Gasteiger partial charge is 0.244 e. The normalized spacial score (nSPS) is 20.9. The summed E-state index contributed by atoms with van der Waals surface area (Å²) in [5.41, 5.74) is 1.00. The number of sulfonamides is 2. The lowest BCUT2D eigenvalue weighted by molar-refractivity contribution is -0.0312. The third kappa shape index (κ3) is 6.11. The molecule has 2 aliphatic rings. The zero-order valence-electron chi connectivity index (χ0n) is 21.5. The molecule has 3 aromatic rings. The average molecular weight is 580 g/mol. The highest BCUT2D eigenvalue weighted by atomic mass is 32.2. The number of H-pyrrole nitrogens is 1. The largest absolute Gasteiger partial charge is 0.491 e. The Bertz CT molecular complexity index is 1520. The predicted molar refractivity (Wildman–Crippen MR) is 143 cm³/mol. The van der Waals surface area contributed by atoms with Crippen molar-refractivity contribution in [2.75, 3.05) is 39.9 Å². The fourth-order valence-electron chi connectivity index (χ4n) is 5.07. The highest BCUT2D eigenvalue weighted by Gasteiger charge is 2.44. The van der Waals surface area contributed by atoms with E-state index in [0.29, 0.717) is 50.2 Å². The van der Waals surface area contributed by atoms with Crippen molar-refractivity contribution in [1.82, 2.24) is 24.3 Å². The standard InChI is InChI=1S/C25H33N5O7S2/c1-26-38(32,33)21-4-2-3-20(11-21)36-17-19(31)14-28-18-13-25(37-16-18)6-9-30(10-7-25)39(34,35)22-12-24-23(29-15-22)5-8-27-24/h2-5,8,11-12,15,18-19,26-28,31H,6-7,9-10,13-14,16-17H2,1H3. The Labute approximate surface area is 227 Å². The molecule has 1 spiro atoms. The lowest BCUT2D eigenvalue weighted by atomic mass is 9.88. The fraction of sp³-hybridized carbons (Fsp3) is 0.480. The van der Waals surface area contributed by atoms with E-state index >= 15 is 0 Å². The van der Waals surface area contributed by atoms with Crippen LogP contribution in [0.3, 0.4) is 0 Å². The van der Waals surface area contributed by atoms with Gasteiger partial charge in [0.05, 0.1) is 28.1 Å². The maximum Gasteiger partial charge on any atom is 0.244 e. The number of benzene rings is 1. The molecule has 0 bridgehead atoms. The van der Waals surface area contributed by atoms with E-state index in [0.717, 1.165) is 5.52 Å². The zero-order valence-corrected chi connectivity index (χ0v) is 23.2. The summed E-state index contributed by atoms with van der Waals surface area (Å²) >= 11 is 0. The number of hydrogen-bond acceptors (Lipinski definition) is 9. The van der Waals surface area contributed by atoms with Crippen LogP contribution in [0, 0.1) is 0 Å². The Kier molecular flexibility index (Phi) is 7.97. The molecule has 4 N–H and O–H groups in total. The van der Waals surface area contributed by atoms with Crippen LogP contribution >= 0.6 is 0 Å². The maximum atomic E-state index is 13.2. The van der Waals surface area contributed by atoms with Crippen LogP contribution in [-0.4, -0.2) is 93.9 Å². The molecule has 39 heavy (non-hydrogen) atoms. The Morgan fingerprint density at radius 1 is 1.21 bits per heavy atom. The summed E-state index contributed by atoms with van der Waals surface area (Å²) < 4.78 is 65.8. The molecule has 0 saturated carbocycles. The number of piperidine rings is 1. The summed E-state index contributed by atoms with van der Waals surface area (Å²) in [5, 5.41) is 13.7. The van der Waals surface area contributed by atoms with Gasteiger partial charge in [0.25, 0.3) is 0 Å². The summed E-state index contributed by atoms with van der Waals surface area (Å²) in [6.07, 6.45) is 4.20. The average Bonchev–Trinajstić information content (AvgIpc) is 3.58. The molecule has 2 fully saturated rings. The first-order valence-electron chi connectivity index (χ1n) is 12.8. The Morgan fingerprint density at radius 2 is 2.00 bits per heavy atom. The molecule has 5 rings (SSSR count). The molecule has 2 unspecified atom stereocenters. The highest BCUT2D eigenvalue weighted by molar-refractivity contribution is 7.89. The van der Waals surface area contributed by atoms with Gasteiger partial charge in [0, 0.05) is 44.1 Å². The van der Waals surface area contributed by atoms with Gasteiger partial charge in [-0.1, -0.05) is 6.07 Å². The van der Waals surface area contributed by atoms with Crippen LogP contribution in [0.25, 0.3) is 11.0 Å². The molecular weight excluding hydrogens is 546 g/mol. The van der Waals surface area contributed by atoms with Gasteiger partial charge in [-0.05, 0) is 50.6 Å². The van der Waals surface area contributed by atoms with E-state index in [-0.39, 0.29) is 29.0 Å². The topological polar surface area (TPSA) is 163 Å². The van der Waals surface area contributed by atoms with Gasteiger partial charge in [-0.15, -0.1) is 0 Å². The van der Waals surface area contributed by atoms with Crippen molar-refractivity contribution in [2.24, 2.45) is 0 Å². The molecule has 2 saturated heterocycles. The lowest BCUT2D eigenvalue weighted by Gasteiger charge is -2.38. The van der Waals surface area contributed by atoms with Crippen molar-refractivity contribution >= 4 is 31.1 Å². The van der Waals surface area contributed by atoms with Crippen molar-refractivity contribution in [3.05, 3.63) is 48.8 Å². The number of pyridine rings is 1. The minimum absolute atomic E-state index is 0.00920. The van der Waals surface area contributed by atoms with Crippen molar-refractivity contribution in [3.8, 4) is 5.75 Å². The van der Waals surface area contributed by atoms with E-state index in [1.165, 1.54) is 29.7 Å². The highest BCUT2D eigenvalue weighted by Crippen LogP contribution is 2.37. The molecule has 0 amide bonds. The van der Waals surface area contributed by atoms with Crippen molar-refractivity contribution < 1.29 is 31.4 Å². The van der Waals surface area contributed by atoms with Crippen molar-refractivity contribution in [2.45, 2.75) is 46.8 Å². The summed E-state index contributed by atoms with van der Waals surface area (Å²) in [7, 11) is -5.91.